The first kappa shape index (κ1) is 7.79. The van der Waals surface area contributed by atoms with Gasteiger partial charge in [-0.15, -0.1) is 0 Å². The van der Waals surface area contributed by atoms with E-state index in [9.17, 15) is 0 Å². The second-order valence-corrected chi connectivity index (χ2v) is 2.57. The van der Waals surface area contributed by atoms with Crippen LogP contribution in [0.15, 0.2) is 12.6 Å². The smallest absolute Gasteiger partial charge is 0.0657 e. The van der Waals surface area contributed by atoms with Gasteiger partial charge in [0.1, 0.15) is 0 Å². The van der Waals surface area contributed by atoms with E-state index in [2.05, 4.69) is 11.6 Å². The topological polar surface area (TPSA) is 38.9 Å². The molecule has 0 fully saturated rings. The van der Waals surface area contributed by atoms with Gasteiger partial charge in [0.05, 0.1) is 17.1 Å². The Morgan fingerprint density at radius 1 is 1.55 bits per heavy atom. The van der Waals surface area contributed by atoms with E-state index in [4.69, 9.17) is 5.73 Å². The van der Waals surface area contributed by atoms with Crippen LogP contribution in [0.5, 0.6) is 0 Å². The van der Waals surface area contributed by atoms with Gasteiger partial charge in [0, 0.05) is 0 Å². The summed E-state index contributed by atoms with van der Waals surface area (Å²) in [6.07, 6.45) is 1.74. The van der Waals surface area contributed by atoms with Crippen LogP contribution in [0.2, 0.25) is 0 Å². The number of nitrogen functional groups attached to an aromatic ring is 1. The summed E-state index contributed by atoms with van der Waals surface area (Å²) in [4.78, 5) is 4.25. The first-order valence-corrected chi connectivity index (χ1v) is 3.51. The standard InChI is InChI=1S/C9H12N2/c1-4-9-6(2)5-8(10)7(3)11-9/h4-5H,1,10H2,2-3H3. The van der Waals surface area contributed by atoms with Crippen molar-refractivity contribution in [1.29, 1.82) is 0 Å². The first-order valence-electron chi connectivity index (χ1n) is 3.51. The molecule has 0 unspecified atom stereocenters. The van der Waals surface area contributed by atoms with Gasteiger partial charge < -0.3 is 5.73 Å². The van der Waals surface area contributed by atoms with E-state index in [1.807, 2.05) is 19.9 Å². The van der Waals surface area contributed by atoms with E-state index in [1.54, 1.807) is 6.08 Å². The van der Waals surface area contributed by atoms with Gasteiger partial charge in [0.2, 0.25) is 0 Å². The molecule has 0 aliphatic carbocycles. The highest BCUT2D eigenvalue weighted by Gasteiger charge is 1.99. The number of hydrogen-bond acceptors (Lipinski definition) is 2. The van der Waals surface area contributed by atoms with Crippen LogP contribution in [0.1, 0.15) is 17.0 Å². The van der Waals surface area contributed by atoms with Gasteiger partial charge in [-0.05, 0) is 31.6 Å². The number of hydrogen-bond donors (Lipinski definition) is 1. The molecule has 1 aromatic heterocycles. The van der Waals surface area contributed by atoms with Crippen molar-refractivity contribution in [2.75, 3.05) is 5.73 Å². The Bertz CT molecular complexity index is 290. The molecule has 0 spiro atoms. The number of anilines is 1. The molecule has 0 amide bonds. The van der Waals surface area contributed by atoms with Crippen molar-refractivity contribution in [3.05, 3.63) is 29.6 Å². The van der Waals surface area contributed by atoms with Crippen LogP contribution in [-0.2, 0) is 0 Å². The van der Waals surface area contributed by atoms with Gasteiger partial charge >= 0.3 is 0 Å². The van der Waals surface area contributed by atoms with Crippen LogP contribution >= 0.6 is 0 Å². The van der Waals surface area contributed by atoms with E-state index in [0.29, 0.717) is 0 Å². The van der Waals surface area contributed by atoms with E-state index in [-0.39, 0.29) is 0 Å². The van der Waals surface area contributed by atoms with E-state index >= 15 is 0 Å². The van der Waals surface area contributed by atoms with Crippen molar-refractivity contribution >= 4 is 11.8 Å². The van der Waals surface area contributed by atoms with Crippen LogP contribution in [0.3, 0.4) is 0 Å². The van der Waals surface area contributed by atoms with E-state index < -0.39 is 0 Å². The molecule has 58 valence electrons. The molecule has 0 radical (unpaired) electrons. The molecule has 0 aliphatic rings. The van der Waals surface area contributed by atoms with Crippen LogP contribution < -0.4 is 5.73 Å². The van der Waals surface area contributed by atoms with Crippen LogP contribution in [0, 0.1) is 13.8 Å². The molecular formula is C9H12N2. The summed E-state index contributed by atoms with van der Waals surface area (Å²) in [5, 5.41) is 0. The summed E-state index contributed by atoms with van der Waals surface area (Å²) < 4.78 is 0. The quantitative estimate of drug-likeness (QED) is 0.660. The largest absolute Gasteiger partial charge is 0.397 e. The molecule has 1 aromatic rings. The molecule has 0 saturated carbocycles. The molecule has 0 bridgehead atoms. The van der Waals surface area contributed by atoms with Crippen molar-refractivity contribution in [2.24, 2.45) is 0 Å². The first-order chi connectivity index (χ1) is 5.15. The van der Waals surface area contributed by atoms with Crippen LogP contribution in [0.25, 0.3) is 6.08 Å². The molecule has 1 heterocycles. The van der Waals surface area contributed by atoms with Gasteiger partial charge in [-0.3, -0.25) is 4.98 Å². The van der Waals surface area contributed by atoms with Gasteiger partial charge in [0.25, 0.3) is 0 Å². The Balaban J connectivity index is 3.31. The number of pyridine rings is 1. The lowest BCUT2D eigenvalue weighted by Crippen LogP contribution is -1.96. The Kier molecular flexibility index (Phi) is 1.94. The Labute approximate surface area is 66.8 Å². The number of nitrogens with zero attached hydrogens (tertiary/aromatic N) is 1. The second kappa shape index (κ2) is 2.74. The summed E-state index contributed by atoms with van der Waals surface area (Å²) in [6, 6.07) is 1.92. The zero-order chi connectivity index (χ0) is 8.43. The third-order valence-electron chi connectivity index (χ3n) is 1.68. The molecule has 11 heavy (non-hydrogen) atoms. The van der Waals surface area contributed by atoms with Gasteiger partial charge in [-0.1, -0.05) is 6.58 Å². The molecule has 2 heteroatoms. The Morgan fingerprint density at radius 3 is 2.73 bits per heavy atom. The average molecular weight is 148 g/mol. The summed E-state index contributed by atoms with van der Waals surface area (Å²) in [7, 11) is 0. The highest BCUT2D eigenvalue weighted by molar-refractivity contribution is 5.54. The lowest BCUT2D eigenvalue weighted by atomic mass is 10.2. The van der Waals surface area contributed by atoms with Crippen LogP contribution in [0.4, 0.5) is 5.69 Å². The average Bonchev–Trinajstić information content (AvgIpc) is 1.97. The minimum atomic E-state index is 0.744. The summed E-state index contributed by atoms with van der Waals surface area (Å²) in [5.74, 6) is 0. The highest BCUT2D eigenvalue weighted by atomic mass is 14.7. The maximum absolute atomic E-state index is 5.65. The SMILES string of the molecule is C=Cc1nc(C)c(N)cc1C. The molecular weight excluding hydrogens is 136 g/mol. The Hall–Kier alpha value is -1.31. The van der Waals surface area contributed by atoms with Gasteiger partial charge in [0.15, 0.2) is 0 Å². The maximum Gasteiger partial charge on any atom is 0.0657 e. The third kappa shape index (κ3) is 1.40. The summed E-state index contributed by atoms with van der Waals surface area (Å²) in [6.45, 7) is 7.52. The number of aromatic nitrogens is 1. The monoisotopic (exact) mass is 148 g/mol. The fraction of sp³-hybridized carbons (Fsp3) is 0.222. The van der Waals surface area contributed by atoms with Crippen molar-refractivity contribution in [3.8, 4) is 0 Å². The molecule has 0 atom stereocenters. The zero-order valence-electron chi connectivity index (χ0n) is 6.89. The van der Waals surface area contributed by atoms with E-state index in [1.165, 1.54) is 0 Å². The fourth-order valence-electron chi connectivity index (χ4n) is 0.952. The van der Waals surface area contributed by atoms with Crippen molar-refractivity contribution in [3.63, 3.8) is 0 Å². The normalized spacial score (nSPS) is 9.64. The lowest BCUT2D eigenvalue weighted by Gasteiger charge is -2.03. The van der Waals surface area contributed by atoms with E-state index in [0.717, 1.165) is 22.6 Å². The van der Waals surface area contributed by atoms with Gasteiger partial charge in [-0.2, -0.15) is 0 Å². The zero-order valence-corrected chi connectivity index (χ0v) is 6.89. The minimum absolute atomic E-state index is 0.744. The predicted molar refractivity (Wildman–Crippen MR) is 48.2 cm³/mol. The molecule has 2 N–H and O–H groups in total. The lowest BCUT2D eigenvalue weighted by molar-refractivity contribution is 1.16. The molecule has 0 aromatic carbocycles. The molecule has 0 saturated heterocycles. The highest BCUT2D eigenvalue weighted by Crippen LogP contribution is 2.13. The number of rotatable bonds is 1. The fourth-order valence-corrected chi connectivity index (χ4v) is 0.952. The molecule has 0 aliphatic heterocycles. The minimum Gasteiger partial charge on any atom is -0.397 e. The summed E-state index contributed by atoms with van der Waals surface area (Å²) in [5.41, 5.74) is 9.24. The Morgan fingerprint density at radius 2 is 2.18 bits per heavy atom. The molecule has 2 nitrogen and oxygen atoms in total. The number of aryl methyl sites for hydroxylation is 2. The number of nitrogens with two attached hydrogens (primary N) is 1. The third-order valence-corrected chi connectivity index (χ3v) is 1.68. The van der Waals surface area contributed by atoms with Crippen molar-refractivity contribution in [1.82, 2.24) is 4.98 Å². The summed E-state index contributed by atoms with van der Waals surface area (Å²) >= 11 is 0. The van der Waals surface area contributed by atoms with Crippen molar-refractivity contribution < 1.29 is 0 Å². The maximum atomic E-state index is 5.65. The molecule has 1 rings (SSSR count). The van der Waals surface area contributed by atoms with Crippen LogP contribution in [-0.4, -0.2) is 4.98 Å². The second-order valence-electron chi connectivity index (χ2n) is 2.57. The van der Waals surface area contributed by atoms with Crippen molar-refractivity contribution in [2.45, 2.75) is 13.8 Å². The predicted octanol–water partition coefficient (Wildman–Crippen LogP) is 1.92. The van der Waals surface area contributed by atoms with Gasteiger partial charge in [-0.25, -0.2) is 0 Å².